The van der Waals surface area contributed by atoms with Gasteiger partial charge in [0.05, 0.1) is 11.0 Å². The number of amides is 2. The molecule has 2 N–H and O–H groups in total. The zero-order valence-corrected chi connectivity index (χ0v) is 24.8. The van der Waals surface area contributed by atoms with Gasteiger partial charge in [-0.15, -0.1) is 0 Å². The fraction of sp³-hybridized carbons (Fsp3) is 0.344. The second-order valence-electron chi connectivity index (χ2n) is 10.6. The molecule has 7 nitrogen and oxygen atoms in total. The van der Waals surface area contributed by atoms with Gasteiger partial charge in [-0.3, -0.25) is 9.59 Å². The molecule has 0 saturated carbocycles. The minimum Gasteiger partial charge on any atom is -0.352 e. The molecule has 0 atom stereocenters. The number of anilines is 1. The molecular weight excluding hydrogens is 518 g/mol. The number of carbonyl (C=O) groups is 2. The molecular formula is C32H39N5O2S. The predicted octanol–water partition coefficient (Wildman–Crippen LogP) is 6.08. The van der Waals surface area contributed by atoms with Crippen LogP contribution in [0.25, 0.3) is 11.0 Å². The molecule has 8 heteroatoms. The Morgan fingerprint density at radius 1 is 1.02 bits per heavy atom. The van der Waals surface area contributed by atoms with Gasteiger partial charge in [-0.25, -0.2) is 4.98 Å². The lowest BCUT2D eigenvalue weighted by atomic mass is 10.0. The van der Waals surface area contributed by atoms with Crippen LogP contribution in [0.15, 0.2) is 71.9 Å². The van der Waals surface area contributed by atoms with E-state index >= 15 is 0 Å². The van der Waals surface area contributed by atoms with Crippen molar-refractivity contribution in [3.8, 4) is 0 Å². The summed E-state index contributed by atoms with van der Waals surface area (Å²) in [4.78, 5) is 32.6. The number of rotatable bonds is 12. The molecule has 0 aliphatic rings. The van der Waals surface area contributed by atoms with E-state index in [0.29, 0.717) is 23.8 Å². The highest BCUT2D eigenvalue weighted by molar-refractivity contribution is 7.98. The summed E-state index contributed by atoms with van der Waals surface area (Å²) in [5.41, 5.74) is 6.59. The molecule has 1 aromatic heterocycles. The molecule has 0 aliphatic heterocycles. The smallest absolute Gasteiger partial charge is 0.251 e. The van der Waals surface area contributed by atoms with Crippen LogP contribution in [0.3, 0.4) is 0 Å². The number of aryl methyl sites for hydroxylation is 1. The van der Waals surface area contributed by atoms with Crippen LogP contribution in [0.2, 0.25) is 0 Å². The quantitative estimate of drug-likeness (QED) is 0.163. The number of hydrogen-bond donors (Lipinski definition) is 2. The van der Waals surface area contributed by atoms with Gasteiger partial charge in [0.25, 0.3) is 5.91 Å². The number of fused-ring (bicyclic) bond motifs is 1. The molecule has 1 heterocycles. The van der Waals surface area contributed by atoms with Crippen molar-refractivity contribution in [2.45, 2.75) is 50.6 Å². The molecule has 4 rings (SSSR count). The number of aromatic nitrogens is 2. The Labute approximate surface area is 241 Å². The largest absolute Gasteiger partial charge is 0.352 e. The number of carbonyl (C=O) groups excluding carboxylic acids is 2. The Bertz CT molecular complexity index is 1460. The predicted molar refractivity (Wildman–Crippen MR) is 165 cm³/mol. The van der Waals surface area contributed by atoms with E-state index in [4.69, 9.17) is 4.98 Å². The van der Waals surface area contributed by atoms with Crippen molar-refractivity contribution >= 4 is 40.3 Å². The average molecular weight is 558 g/mol. The highest BCUT2D eigenvalue weighted by Crippen LogP contribution is 2.28. The van der Waals surface area contributed by atoms with Crippen LogP contribution in [-0.2, 0) is 17.1 Å². The van der Waals surface area contributed by atoms with Gasteiger partial charge in [-0.2, -0.15) is 0 Å². The molecule has 210 valence electrons. The average Bonchev–Trinajstić information content (AvgIpc) is 3.28. The van der Waals surface area contributed by atoms with Crippen LogP contribution < -0.4 is 10.6 Å². The first-order chi connectivity index (χ1) is 19.2. The molecule has 4 aromatic rings. The third kappa shape index (κ3) is 7.73. The van der Waals surface area contributed by atoms with Crippen LogP contribution in [0.1, 0.15) is 53.2 Å². The molecule has 0 unspecified atom stereocenters. The van der Waals surface area contributed by atoms with E-state index in [-0.39, 0.29) is 18.4 Å². The van der Waals surface area contributed by atoms with Gasteiger partial charge in [0.15, 0.2) is 5.16 Å². The second kappa shape index (κ2) is 13.6. The zero-order chi connectivity index (χ0) is 28.6. The number of nitrogens with zero attached hydrogens (tertiary/aromatic N) is 3. The van der Waals surface area contributed by atoms with Crippen molar-refractivity contribution < 1.29 is 9.59 Å². The number of nitrogens with one attached hydrogen (secondary N) is 2. The molecule has 0 fully saturated rings. The van der Waals surface area contributed by atoms with Gasteiger partial charge in [0, 0.05) is 23.5 Å². The summed E-state index contributed by atoms with van der Waals surface area (Å²) in [6, 6.07) is 21.8. The van der Waals surface area contributed by atoms with Crippen LogP contribution in [-0.4, -0.2) is 53.5 Å². The van der Waals surface area contributed by atoms with Gasteiger partial charge in [0.2, 0.25) is 5.91 Å². The van der Waals surface area contributed by atoms with E-state index < -0.39 is 0 Å². The van der Waals surface area contributed by atoms with Crippen molar-refractivity contribution in [3.05, 3.63) is 89.0 Å². The summed E-state index contributed by atoms with van der Waals surface area (Å²) in [6.45, 7) is 8.06. The Hall–Kier alpha value is -3.62. The Kier molecular flexibility index (Phi) is 10.0. The number of hydrogen-bond acceptors (Lipinski definition) is 5. The van der Waals surface area contributed by atoms with Crippen LogP contribution >= 0.6 is 11.8 Å². The highest BCUT2D eigenvalue weighted by atomic mass is 32.2. The van der Waals surface area contributed by atoms with Gasteiger partial charge >= 0.3 is 0 Å². The fourth-order valence-electron chi connectivity index (χ4n) is 4.38. The maximum Gasteiger partial charge on any atom is 0.251 e. The summed E-state index contributed by atoms with van der Waals surface area (Å²) >= 11 is 1.58. The molecule has 0 aliphatic carbocycles. The zero-order valence-electron chi connectivity index (χ0n) is 24.0. The normalized spacial score (nSPS) is 11.4. The molecule has 0 radical (unpaired) electrons. The van der Waals surface area contributed by atoms with Crippen LogP contribution in [0.5, 0.6) is 0 Å². The lowest BCUT2D eigenvalue weighted by molar-refractivity contribution is -0.116. The first-order valence-corrected chi connectivity index (χ1v) is 14.7. The molecule has 3 aromatic carbocycles. The van der Waals surface area contributed by atoms with Crippen LogP contribution in [0, 0.1) is 6.92 Å². The number of imidazole rings is 1. The lowest BCUT2D eigenvalue weighted by Gasteiger charge is -2.14. The SMILES string of the molecule is Cc1ccc(C(C)C)cc1NC(=O)Cn1c(SCc2ccc(C(=O)NCCCN(C)C)cc2)nc2ccccc21. The maximum atomic E-state index is 13.2. The highest BCUT2D eigenvalue weighted by Gasteiger charge is 2.16. The molecule has 0 saturated heterocycles. The monoisotopic (exact) mass is 557 g/mol. The number of benzene rings is 3. The summed E-state index contributed by atoms with van der Waals surface area (Å²) in [7, 11) is 4.05. The van der Waals surface area contributed by atoms with Crippen molar-refractivity contribution in [3.63, 3.8) is 0 Å². The summed E-state index contributed by atoms with van der Waals surface area (Å²) in [6.07, 6.45) is 0.913. The van der Waals surface area contributed by atoms with Gasteiger partial charge < -0.3 is 20.1 Å². The first kappa shape index (κ1) is 29.4. The van der Waals surface area contributed by atoms with Crippen molar-refractivity contribution in [1.29, 1.82) is 0 Å². The molecule has 0 spiro atoms. The van der Waals surface area contributed by atoms with Gasteiger partial charge in [0.1, 0.15) is 6.54 Å². The third-order valence-corrected chi connectivity index (χ3v) is 7.82. The maximum absolute atomic E-state index is 13.2. The van der Waals surface area contributed by atoms with E-state index in [9.17, 15) is 9.59 Å². The van der Waals surface area contributed by atoms with Crippen molar-refractivity contribution in [2.75, 3.05) is 32.5 Å². The standard InChI is InChI=1S/C32H39N5O2S/c1-22(2)26-14-11-23(3)28(19-26)34-30(38)20-37-29-10-7-6-9-27(29)35-32(37)40-21-24-12-15-25(16-13-24)31(39)33-17-8-18-36(4)5/h6-7,9-16,19,22H,8,17-18,20-21H2,1-5H3,(H,33,39)(H,34,38). The van der Waals surface area contributed by atoms with E-state index in [2.05, 4.69) is 47.6 Å². The lowest BCUT2D eigenvalue weighted by Crippen LogP contribution is -2.27. The molecule has 0 bridgehead atoms. The minimum absolute atomic E-state index is 0.0556. The topological polar surface area (TPSA) is 79.3 Å². The fourth-order valence-corrected chi connectivity index (χ4v) is 5.35. The number of thioether (sulfide) groups is 1. The van der Waals surface area contributed by atoms with Gasteiger partial charge in [-0.1, -0.05) is 62.0 Å². The Morgan fingerprint density at radius 2 is 1.77 bits per heavy atom. The second-order valence-corrected chi connectivity index (χ2v) is 11.6. The Morgan fingerprint density at radius 3 is 2.50 bits per heavy atom. The van der Waals surface area contributed by atoms with Crippen molar-refractivity contribution in [1.82, 2.24) is 19.8 Å². The first-order valence-electron chi connectivity index (χ1n) is 13.7. The van der Waals surface area contributed by atoms with E-state index in [1.54, 1.807) is 11.8 Å². The van der Waals surface area contributed by atoms with Crippen molar-refractivity contribution in [2.24, 2.45) is 0 Å². The number of para-hydroxylation sites is 2. The summed E-state index contributed by atoms with van der Waals surface area (Å²) in [5.74, 6) is 0.911. The molecule has 2 amide bonds. The van der Waals surface area contributed by atoms with Crippen LogP contribution in [0.4, 0.5) is 5.69 Å². The Balaban J connectivity index is 1.43. The summed E-state index contributed by atoms with van der Waals surface area (Å²) < 4.78 is 1.98. The third-order valence-electron chi connectivity index (χ3n) is 6.78. The summed E-state index contributed by atoms with van der Waals surface area (Å²) in [5, 5.41) is 6.88. The van der Waals surface area contributed by atoms with E-state index in [0.717, 1.165) is 46.0 Å². The minimum atomic E-state index is -0.0880. The molecule has 40 heavy (non-hydrogen) atoms. The van der Waals surface area contributed by atoms with E-state index in [1.807, 2.05) is 74.1 Å². The van der Waals surface area contributed by atoms with E-state index in [1.165, 1.54) is 5.56 Å². The van der Waals surface area contributed by atoms with Gasteiger partial charge in [-0.05, 0) is 86.9 Å².